The van der Waals surface area contributed by atoms with Crippen LogP contribution in [-0.4, -0.2) is 51.0 Å². The molecule has 2 saturated carbocycles. The van der Waals surface area contributed by atoms with Gasteiger partial charge in [-0.25, -0.2) is 8.42 Å². The van der Waals surface area contributed by atoms with Gasteiger partial charge in [0.25, 0.3) is 5.91 Å². The van der Waals surface area contributed by atoms with Gasteiger partial charge in [0, 0.05) is 29.2 Å². The fourth-order valence-corrected chi connectivity index (χ4v) is 8.00. The van der Waals surface area contributed by atoms with E-state index in [1.807, 2.05) is 0 Å². The zero-order valence-electron chi connectivity index (χ0n) is 17.2. The summed E-state index contributed by atoms with van der Waals surface area (Å²) in [5, 5.41) is 3.25. The molecule has 1 N–H and O–H groups in total. The number of hydrogen-bond donors (Lipinski definition) is 1. The average molecular weight is 485 g/mol. The molecule has 3 aliphatic rings. The minimum absolute atomic E-state index is 0.0424. The minimum atomic E-state index is -3.69. The van der Waals surface area contributed by atoms with Gasteiger partial charge in [-0.05, 0) is 70.1 Å². The van der Waals surface area contributed by atoms with Crippen molar-refractivity contribution in [3.63, 3.8) is 0 Å². The second-order valence-corrected chi connectivity index (χ2v) is 12.2. The number of fused-ring (bicyclic) bond motifs is 2. The molecule has 6 nitrogen and oxygen atoms in total. The van der Waals surface area contributed by atoms with Crippen LogP contribution < -0.4 is 5.32 Å². The summed E-state index contributed by atoms with van der Waals surface area (Å²) in [5.41, 5.74) is 0.532. The molecule has 3 fully saturated rings. The number of ether oxygens (including phenoxy) is 1. The first kappa shape index (κ1) is 21.3. The lowest BCUT2D eigenvalue weighted by Crippen LogP contribution is -2.52. The number of amides is 1. The first-order valence-corrected chi connectivity index (χ1v) is 12.5. The van der Waals surface area contributed by atoms with Gasteiger partial charge >= 0.3 is 0 Å². The van der Waals surface area contributed by atoms with Crippen molar-refractivity contribution in [1.29, 1.82) is 0 Å². The molecule has 1 amide bonds. The van der Waals surface area contributed by atoms with E-state index in [0.717, 1.165) is 12.8 Å². The molecular weight excluding hydrogens is 456 g/mol. The number of morpholine rings is 1. The third-order valence-corrected chi connectivity index (χ3v) is 10.2. The van der Waals surface area contributed by atoms with Crippen molar-refractivity contribution in [2.45, 2.75) is 51.0 Å². The molecule has 8 heteroatoms. The Morgan fingerprint density at radius 1 is 1.24 bits per heavy atom. The normalized spacial score (nSPS) is 31.7. The first-order chi connectivity index (χ1) is 13.6. The van der Waals surface area contributed by atoms with E-state index in [9.17, 15) is 13.2 Å². The number of nitrogens with one attached hydrogen (secondary N) is 1. The first-order valence-electron chi connectivity index (χ1n) is 10.2. The zero-order valence-corrected chi connectivity index (χ0v) is 19.6. The van der Waals surface area contributed by atoms with Crippen LogP contribution in [0.4, 0.5) is 0 Å². The van der Waals surface area contributed by atoms with Crippen molar-refractivity contribution in [1.82, 2.24) is 9.62 Å². The number of rotatable bonds is 4. The Balaban J connectivity index is 1.60. The summed E-state index contributed by atoms with van der Waals surface area (Å²) in [6.07, 6.45) is 3.49. The molecule has 0 spiro atoms. The van der Waals surface area contributed by atoms with E-state index in [1.54, 1.807) is 12.1 Å². The van der Waals surface area contributed by atoms with Crippen LogP contribution in [0.25, 0.3) is 0 Å². The Morgan fingerprint density at radius 2 is 1.93 bits per heavy atom. The van der Waals surface area contributed by atoms with Gasteiger partial charge in [-0.1, -0.05) is 20.8 Å². The van der Waals surface area contributed by atoms with Crippen LogP contribution in [0, 0.1) is 16.7 Å². The highest BCUT2D eigenvalue weighted by molar-refractivity contribution is 9.10. The predicted octanol–water partition coefficient (Wildman–Crippen LogP) is 3.41. The van der Waals surface area contributed by atoms with Crippen LogP contribution in [0.3, 0.4) is 0 Å². The quantitative estimate of drug-likeness (QED) is 0.710. The molecule has 0 radical (unpaired) electrons. The van der Waals surface area contributed by atoms with Gasteiger partial charge in [0.05, 0.1) is 18.1 Å². The van der Waals surface area contributed by atoms with E-state index < -0.39 is 10.0 Å². The van der Waals surface area contributed by atoms with Crippen molar-refractivity contribution in [2.24, 2.45) is 16.7 Å². The molecule has 2 aliphatic carbocycles. The van der Waals surface area contributed by atoms with Gasteiger partial charge in [0.2, 0.25) is 10.0 Å². The van der Waals surface area contributed by atoms with Gasteiger partial charge in [-0.15, -0.1) is 0 Å². The van der Waals surface area contributed by atoms with Crippen molar-refractivity contribution in [2.75, 3.05) is 26.3 Å². The van der Waals surface area contributed by atoms with Crippen LogP contribution in [-0.2, 0) is 14.8 Å². The molecule has 1 aromatic rings. The molecule has 4 rings (SSSR count). The number of halogens is 1. The zero-order chi connectivity index (χ0) is 21.0. The summed E-state index contributed by atoms with van der Waals surface area (Å²) in [6.45, 7) is 8.15. The minimum Gasteiger partial charge on any atom is -0.379 e. The van der Waals surface area contributed by atoms with Crippen molar-refractivity contribution in [3.05, 3.63) is 28.2 Å². The summed E-state index contributed by atoms with van der Waals surface area (Å²) in [5.74, 6) is 0.419. The number of carbonyl (C=O) groups is 1. The van der Waals surface area contributed by atoms with Crippen LogP contribution in [0.5, 0.6) is 0 Å². The maximum Gasteiger partial charge on any atom is 0.251 e. The lowest BCUT2D eigenvalue weighted by molar-refractivity contribution is 0.0728. The fraction of sp³-hybridized carbons (Fsp3) is 0.667. The number of sulfonamides is 1. The highest BCUT2D eigenvalue weighted by Gasteiger charge is 2.59. The highest BCUT2D eigenvalue weighted by atomic mass is 79.9. The Hall–Kier alpha value is -0.960. The molecule has 1 aromatic carbocycles. The van der Waals surface area contributed by atoms with E-state index in [2.05, 4.69) is 42.0 Å². The summed E-state index contributed by atoms with van der Waals surface area (Å²) >= 11 is 3.35. The van der Waals surface area contributed by atoms with Crippen molar-refractivity contribution < 1.29 is 17.9 Å². The molecular formula is C21H29BrN2O4S. The number of hydrogen-bond acceptors (Lipinski definition) is 4. The molecule has 1 unspecified atom stereocenters. The molecule has 1 aliphatic heterocycles. The van der Waals surface area contributed by atoms with Crippen molar-refractivity contribution >= 4 is 31.9 Å². The van der Waals surface area contributed by atoms with Crippen LogP contribution in [0.1, 0.15) is 50.4 Å². The Labute approximate surface area is 181 Å². The van der Waals surface area contributed by atoms with Crippen LogP contribution >= 0.6 is 15.9 Å². The molecule has 1 heterocycles. The second-order valence-electron chi connectivity index (χ2n) is 9.48. The van der Waals surface area contributed by atoms with Gasteiger partial charge < -0.3 is 10.1 Å². The number of nitrogens with zero attached hydrogens (tertiary/aromatic N) is 1. The summed E-state index contributed by atoms with van der Waals surface area (Å²) in [7, 11) is -3.69. The summed E-state index contributed by atoms with van der Waals surface area (Å²) in [6, 6.07) is 4.91. The Kier molecular flexibility index (Phi) is 5.37. The topological polar surface area (TPSA) is 75.7 Å². The number of benzene rings is 1. The lowest BCUT2D eigenvalue weighted by atomic mass is 9.68. The van der Waals surface area contributed by atoms with E-state index >= 15 is 0 Å². The maximum atomic E-state index is 13.1. The molecule has 3 atom stereocenters. The van der Waals surface area contributed by atoms with Crippen molar-refractivity contribution in [3.8, 4) is 0 Å². The third-order valence-electron chi connectivity index (χ3n) is 7.33. The molecule has 1 saturated heterocycles. The molecule has 0 aromatic heterocycles. The smallest absolute Gasteiger partial charge is 0.251 e. The molecule has 160 valence electrons. The van der Waals surface area contributed by atoms with E-state index in [-0.39, 0.29) is 27.7 Å². The second kappa shape index (κ2) is 7.32. The van der Waals surface area contributed by atoms with E-state index in [0.29, 0.717) is 42.3 Å². The largest absolute Gasteiger partial charge is 0.379 e. The monoisotopic (exact) mass is 484 g/mol. The van der Waals surface area contributed by atoms with E-state index in [4.69, 9.17) is 4.74 Å². The highest BCUT2D eigenvalue weighted by Crippen LogP contribution is 2.62. The Bertz CT molecular complexity index is 922. The number of carbonyl (C=O) groups excluding carboxylic acids is 1. The maximum absolute atomic E-state index is 13.1. The Morgan fingerprint density at radius 3 is 2.55 bits per heavy atom. The molecule has 29 heavy (non-hydrogen) atoms. The van der Waals surface area contributed by atoms with Crippen LogP contribution in [0.2, 0.25) is 0 Å². The van der Waals surface area contributed by atoms with E-state index in [1.165, 1.54) is 16.8 Å². The summed E-state index contributed by atoms with van der Waals surface area (Å²) in [4.78, 5) is 13.2. The van der Waals surface area contributed by atoms with Gasteiger partial charge in [0.1, 0.15) is 0 Å². The lowest BCUT2D eigenvalue weighted by Gasteiger charge is -2.43. The molecule has 2 bridgehead atoms. The average Bonchev–Trinajstić information content (AvgIpc) is 3.17. The predicted molar refractivity (Wildman–Crippen MR) is 114 cm³/mol. The van der Waals surface area contributed by atoms with Gasteiger partial charge in [-0.2, -0.15) is 4.31 Å². The third kappa shape index (κ3) is 3.56. The standard InChI is InChI=1S/C21H29BrN2O4S/c1-20(2)15-6-7-21(3,13-15)19(20)23-18(25)14-4-5-16(22)17(12-14)29(26,27)24-8-10-28-11-9-24/h4-5,12,15,19H,6-11,13H2,1-3H3,(H,23,25)/t15-,19?,21-/m0/s1. The van der Waals surface area contributed by atoms with Crippen LogP contribution in [0.15, 0.2) is 27.6 Å². The SMILES string of the molecule is CC1(C)C(NC(=O)c2ccc(Br)c(S(=O)(=O)N3CCOCC3)c2)[C@@]2(C)CC[C@H]1C2. The van der Waals surface area contributed by atoms with Gasteiger partial charge in [0.15, 0.2) is 0 Å². The fourth-order valence-electron chi connectivity index (χ4n) is 5.65. The van der Waals surface area contributed by atoms with Gasteiger partial charge in [-0.3, -0.25) is 4.79 Å². The summed E-state index contributed by atoms with van der Waals surface area (Å²) < 4.78 is 33.3.